The van der Waals surface area contributed by atoms with E-state index in [1.54, 1.807) is 13.0 Å². The molecule has 1 rings (SSSR count). The molecule has 0 aromatic carbocycles. The predicted molar refractivity (Wildman–Crippen MR) is 64.1 cm³/mol. The van der Waals surface area contributed by atoms with Crippen molar-refractivity contribution in [2.75, 3.05) is 19.8 Å². The average Bonchev–Trinajstić information content (AvgIpc) is 2.31. The molecule has 1 heterocycles. The van der Waals surface area contributed by atoms with Crippen LogP contribution in [0.1, 0.15) is 26.2 Å². The minimum atomic E-state index is -0.490. The number of allylic oxidation sites excluding steroid dienone is 1. The Hall–Kier alpha value is -1.85. The third-order valence-corrected chi connectivity index (χ3v) is 2.40. The molecule has 0 bridgehead atoms. The van der Waals surface area contributed by atoms with Gasteiger partial charge in [-0.25, -0.2) is 9.59 Å². The van der Waals surface area contributed by atoms with Crippen LogP contribution in [0.15, 0.2) is 12.2 Å². The van der Waals surface area contributed by atoms with Gasteiger partial charge in [0.05, 0.1) is 6.61 Å². The van der Waals surface area contributed by atoms with Crippen LogP contribution < -0.4 is 0 Å². The minimum absolute atomic E-state index is 0.0733. The maximum Gasteiger partial charge on any atom is 0.374 e. The summed E-state index contributed by atoms with van der Waals surface area (Å²) in [7, 11) is 0. The monoisotopic (exact) mass is 255 g/mol. The number of carbonyl (C=O) groups excluding carboxylic acids is 2. The number of rotatable bonds is 6. The average molecular weight is 255 g/mol. The summed E-state index contributed by atoms with van der Waals surface area (Å²) in [6.45, 7) is 1.95. The van der Waals surface area contributed by atoms with Crippen molar-refractivity contribution in [1.29, 1.82) is 0 Å². The molecule has 6 heteroatoms. The highest BCUT2D eigenvalue weighted by atomic mass is 16.6. The molecule has 0 aliphatic carbocycles. The molecular weight excluding hydrogens is 238 g/mol. The molecule has 0 amide bonds. The van der Waals surface area contributed by atoms with Crippen LogP contribution in [0.2, 0.25) is 0 Å². The zero-order valence-electron chi connectivity index (χ0n) is 10.4. The largest absolute Gasteiger partial charge is 0.623 e. The number of nitrogens with zero attached hydrogens (tertiary/aromatic N) is 1. The van der Waals surface area contributed by atoms with Gasteiger partial charge < -0.3 is 14.7 Å². The fourth-order valence-corrected chi connectivity index (χ4v) is 1.50. The van der Waals surface area contributed by atoms with Gasteiger partial charge in [-0.3, -0.25) is 0 Å². The van der Waals surface area contributed by atoms with E-state index in [1.807, 2.05) is 0 Å². The summed E-state index contributed by atoms with van der Waals surface area (Å²) in [6, 6.07) is 0. The van der Waals surface area contributed by atoms with E-state index in [9.17, 15) is 14.8 Å². The van der Waals surface area contributed by atoms with E-state index in [1.165, 1.54) is 6.08 Å². The zero-order valence-corrected chi connectivity index (χ0v) is 10.4. The van der Waals surface area contributed by atoms with Gasteiger partial charge in [0, 0.05) is 12.5 Å². The quantitative estimate of drug-likeness (QED) is 0.230. The Kier molecular flexibility index (Phi) is 5.90. The Morgan fingerprint density at radius 3 is 3.06 bits per heavy atom. The van der Waals surface area contributed by atoms with Crippen molar-refractivity contribution in [3.8, 4) is 0 Å². The second-order valence-corrected chi connectivity index (χ2v) is 3.81. The van der Waals surface area contributed by atoms with E-state index < -0.39 is 5.97 Å². The SMILES string of the molecule is CCOC(=O)/C=C/CCCC1=[N+]([O-])CC(=O)OC1. The van der Waals surface area contributed by atoms with Gasteiger partial charge in [-0.15, -0.1) is 0 Å². The molecule has 0 aromatic heterocycles. The van der Waals surface area contributed by atoms with Crippen molar-refractivity contribution in [2.24, 2.45) is 0 Å². The van der Waals surface area contributed by atoms with Crippen molar-refractivity contribution >= 4 is 17.7 Å². The summed E-state index contributed by atoms with van der Waals surface area (Å²) >= 11 is 0. The molecule has 100 valence electrons. The fourth-order valence-electron chi connectivity index (χ4n) is 1.50. The van der Waals surface area contributed by atoms with Gasteiger partial charge in [-0.2, -0.15) is 4.74 Å². The van der Waals surface area contributed by atoms with Crippen LogP contribution >= 0.6 is 0 Å². The van der Waals surface area contributed by atoms with Crippen LogP contribution in [-0.4, -0.2) is 42.1 Å². The lowest BCUT2D eigenvalue weighted by Gasteiger charge is -2.15. The summed E-state index contributed by atoms with van der Waals surface area (Å²) in [5.74, 6) is -0.849. The second-order valence-electron chi connectivity index (χ2n) is 3.81. The number of carbonyl (C=O) groups is 2. The third-order valence-electron chi connectivity index (χ3n) is 2.40. The van der Waals surface area contributed by atoms with Crippen LogP contribution in [0.25, 0.3) is 0 Å². The Morgan fingerprint density at radius 1 is 1.61 bits per heavy atom. The van der Waals surface area contributed by atoms with Gasteiger partial charge >= 0.3 is 11.9 Å². The smallest absolute Gasteiger partial charge is 0.374 e. The lowest BCUT2D eigenvalue weighted by Crippen LogP contribution is -2.34. The predicted octanol–water partition coefficient (Wildman–Crippen LogP) is 0.784. The second kappa shape index (κ2) is 7.47. The minimum Gasteiger partial charge on any atom is -0.623 e. The first kappa shape index (κ1) is 14.2. The number of cyclic esters (lactones) is 1. The zero-order chi connectivity index (χ0) is 13.4. The maximum atomic E-state index is 11.3. The normalized spacial score (nSPS) is 15.9. The highest BCUT2D eigenvalue weighted by Gasteiger charge is 2.21. The van der Waals surface area contributed by atoms with Gasteiger partial charge in [-0.05, 0) is 19.8 Å². The van der Waals surface area contributed by atoms with E-state index in [-0.39, 0.29) is 19.1 Å². The topological polar surface area (TPSA) is 78.7 Å². The summed E-state index contributed by atoms with van der Waals surface area (Å²) in [5.41, 5.74) is 0.569. The molecule has 0 saturated heterocycles. The van der Waals surface area contributed by atoms with E-state index in [0.717, 1.165) is 6.42 Å². The Bertz CT molecular complexity index is 373. The third kappa shape index (κ3) is 4.99. The number of hydroxylamine groups is 1. The summed E-state index contributed by atoms with van der Waals surface area (Å²) < 4.78 is 10.2. The summed E-state index contributed by atoms with van der Waals surface area (Å²) in [6.07, 6.45) is 5.04. The molecule has 0 radical (unpaired) electrons. The maximum absolute atomic E-state index is 11.3. The van der Waals surface area contributed by atoms with Gasteiger partial charge in [0.1, 0.15) is 0 Å². The van der Waals surface area contributed by atoms with E-state index in [4.69, 9.17) is 9.47 Å². The highest BCUT2D eigenvalue weighted by molar-refractivity contribution is 5.86. The lowest BCUT2D eigenvalue weighted by atomic mass is 10.1. The van der Waals surface area contributed by atoms with Gasteiger partial charge in [0.15, 0.2) is 6.61 Å². The van der Waals surface area contributed by atoms with Crippen molar-refractivity contribution in [3.63, 3.8) is 0 Å². The molecule has 1 aliphatic rings. The molecule has 18 heavy (non-hydrogen) atoms. The lowest BCUT2D eigenvalue weighted by molar-refractivity contribution is -0.457. The molecule has 0 aromatic rings. The number of unbranched alkanes of at least 4 members (excludes halogenated alkanes) is 1. The number of hydrogen-bond acceptors (Lipinski definition) is 5. The first-order valence-electron chi connectivity index (χ1n) is 5.91. The van der Waals surface area contributed by atoms with Crippen LogP contribution in [0, 0.1) is 5.21 Å². The van der Waals surface area contributed by atoms with Crippen LogP contribution in [0.5, 0.6) is 0 Å². The molecule has 6 nitrogen and oxygen atoms in total. The molecular formula is C12H17NO5. The molecule has 0 N–H and O–H groups in total. The van der Waals surface area contributed by atoms with Crippen LogP contribution in [0.4, 0.5) is 0 Å². The Morgan fingerprint density at radius 2 is 2.39 bits per heavy atom. The molecule has 0 unspecified atom stereocenters. The van der Waals surface area contributed by atoms with Crippen molar-refractivity contribution in [2.45, 2.75) is 26.2 Å². The molecule has 0 saturated carbocycles. The van der Waals surface area contributed by atoms with Crippen molar-refractivity contribution in [3.05, 3.63) is 17.4 Å². The van der Waals surface area contributed by atoms with Crippen LogP contribution in [-0.2, 0) is 19.1 Å². The van der Waals surface area contributed by atoms with Gasteiger partial charge in [0.2, 0.25) is 12.3 Å². The van der Waals surface area contributed by atoms with Gasteiger partial charge in [-0.1, -0.05) is 6.08 Å². The number of esters is 2. The standard InChI is InChI=1S/C12H17NO5/c1-2-17-11(14)7-5-3-4-6-10-9-18-12(15)8-13(10)16/h5,7H,2-4,6,8-9H2,1H3/b7-5+. The Labute approximate surface area is 105 Å². The van der Waals surface area contributed by atoms with Gasteiger partial charge in [0.25, 0.3) is 0 Å². The molecule has 0 fully saturated rings. The highest BCUT2D eigenvalue weighted by Crippen LogP contribution is 2.03. The van der Waals surface area contributed by atoms with E-state index in [0.29, 0.717) is 29.9 Å². The van der Waals surface area contributed by atoms with E-state index >= 15 is 0 Å². The molecule has 1 aliphatic heterocycles. The fraction of sp³-hybridized carbons (Fsp3) is 0.583. The molecule has 0 spiro atoms. The Balaban J connectivity index is 2.24. The summed E-state index contributed by atoms with van der Waals surface area (Å²) in [5, 5.41) is 11.3. The van der Waals surface area contributed by atoms with Crippen molar-refractivity contribution < 1.29 is 23.8 Å². The number of hydrogen-bond donors (Lipinski definition) is 0. The summed E-state index contributed by atoms with van der Waals surface area (Å²) in [4.78, 5) is 21.8. The van der Waals surface area contributed by atoms with Crippen LogP contribution in [0.3, 0.4) is 0 Å². The number of ether oxygens (including phenoxy) is 2. The first-order valence-corrected chi connectivity index (χ1v) is 5.91. The molecule has 0 atom stereocenters. The van der Waals surface area contributed by atoms with E-state index in [2.05, 4.69) is 0 Å². The van der Waals surface area contributed by atoms with Crippen molar-refractivity contribution in [1.82, 2.24) is 0 Å². The first-order chi connectivity index (χ1) is 8.63.